The molecule has 1 aliphatic heterocycles. The average Bonchev–Trinajstić information content (AvgIpc) is 3.11. The topological polar surface area (TPSA) is 62.2 Å². The van der Waals surface area contributed by atoms with Crippen LogP contribution in [-0.2, 0) is 12.8 Å². The molecule has 4 rings (SSSR count). The molecule has 6 nitrogen and oxygen atoms in total. The van der Waals surface area contributed by atoms with E-state index in [1.165, 1.54) is 17.7 Å². The zero-order valence-corrected chi connectivity index (χ0v) is 13.0. The Bertz CT molecular complexity index is 710. The lowest BCUT2D eigenvalue weighted by atomic mass is 10.2. The number of fused-ring (bicyclic) bond motifs is 1. The highest BCUT2D eigenvalue weighted by atomic mass is 16.2. The zero-order chi connectivity index (χ0) is 15.6. The van der Waals surface area contributed by atoms with Crippen molar-refractivity contribution in [3.63, 3.8) is 0 Å². The first-order valence-electron chi connectivity index (χ1n) is 8.11. The molecule has 0 N–H and O–H groups in total. The summed E-state index contributed by atoms with van der Waals surface area (Å²) in [5.41, 5.74) is 3.02. The van der Waals surface area contributed by atoms with Gasteiger partial charge in [0.05, 0.1) is 0 Å². The Morgan fingerprint density at radius 2 is 1.87 bits per heavy atom. The predicted octanol–water partition coefficient (Wildman–Crippen LogP) is 1.32. The summed E-state index contributed by atoms with van der Waals surface area (Å²) < 4.78 is 0. The van der Waals surface area contributed by atoms with Gasteiger partial charge in [-0.1, -0.05) is 6.07 Å². The van der Waals surface area contributed by atoms with Gasteiger partial charge >= 0.3 is 0 Å². The van der Waals surface area contributed by atoms with Crippen LogP contribution in [0.2, 0.25) is 0 Å². The van der Waals surface area contributed by atoms with Crippen LogP contribution in [0.5, 0.6) is 0 Å². The maximum absolute atomic E-state index is 12.4. The molecule has 3 heterocycles. The highest BCUT2D eigenvalue weighted by Crippen LogP contribution is 2.28. The molecule has 0 radical (unpaired) electrons. The van der Waals surface area contributed by atoms with Crippen LogP contribution in [0.4, 0.5) is 5.82 Å². The molecule has 0 atom stereocenters. The van der Waals surface area contributed by atoms with E-state index in [1.807, 2.05) is 17.0 Å². The third kappa shape index (κ3) is 2.65. The van der Waals surface area contributed by atoms with Gasteiger partial charge in [0, 0.05) is 43.6 Å². The fourth-order valence-corrected chi connectivity index (χ4v) is 3.39. The molecule has 6 heteroatoms. The molecule has 1 saturated heterocycles. The van der Waals surface area contributed by atoms with Crippen LogP contribution in [-0.4, -0.2) is 51.9 Å². The normalized spacial score (nSPS) is 17.2. The molecule has 0 bridgehead atoms. The number of hydrogen-bond acceptors (Lipinski definition) is 5. The SMILES string of the molecule is O=C(c1ccccn1)N1CCN(c2ncnc3c2CCC3)CC1. The summed E-state index contributed by atoms with van der Waals surface area (Å²) >= 11 is 0. The number of pyridine rings is 1. The Kier molecular flexibility index (Phi) is 3.65. The molecule has 1 aliphatic carbocycles. The van der Waals surface area contributed by atoms with Gasteiger partial charge < -0.3 is 9.80 Å². The Morgan fingerprint density at radius 1 is 1.00 bits per heavy atom. The Hall–Kier alpha value is -2.50. The molecule has 23 heavy (non-hydrogen) atoms. The van der Waals surface area contributed by atoms with E-state index in [-0.39, 0.29) is 5.91 Å². The monoisotopic (exact) mass is 309 g/mol. The fourth-order valence-electron chi connectivity index (χ4n) is 3.39. The maximum Gasteiger partial charge on any atom is 0.272 e. The Morgan fingerprint density at radius 3 is 2.65 bits per heavy atom. The van der Waals surface area contributed by atoms with E-state index in [0.717, 1.165) is 31.7 Å². The van der Waals surface area contributed by atoms with E-state index < -0.39 is 0 Å². The summed E-state index contributed by atoms with van der Waals surface area (Å²) in [5.74, 6) is 1.08. The Labute approximate surface area is 135 Å². The number of aromatic nitrogens is 3. The Balaban J connectivity index is 1.46. The predicted molar refractivity (Wildman–Crippen MR) is 86.4 cm³/mol. The van der Waals surface area contributed by atoms with Crippen LogP contribution in [0.1, 0.15) is 28.2 Å². The molecule has 0 spiro atoms. The van der Waals surface area contributed by atoms with Crippen molar-refractivity contribution < 1.29 is 4.79 Å². The molecule has 0 saturated carbocycles. The van der Waals surface area contributed by atoms with Crippen LogP contribution in [0.3, 0.4) is 0 Å². The van der Waals surface area contributed by atoms with Gasteiger partial charge in [0.2, 0.25) is 0 Å². The lowest BCUT2D eigenvalue weighted by Crippen LogP contribution is -2.49. The third-order valence-corrected chi connectivity index (χ3v) is 4.60. The smallest absolute Gasteiger partial charge is 0.272 e. The molecule has 1 amide bonds. The van der Waals surface area contributed by atoms with Crippen molar-refractivity contribution in [2.75, 3.05) is 31.1 Å². The molecular weight excluding hydrogens is 290 g/mol. The van der Waals surface area contributed by atoms with Gasteiger partial charge in [0.25, 0.3) is 5.91 Å². The second-order valence-electron chi connectivity index (χ2n) is 5.97. The standard InChI is InChI=1S/C17H19N5O/c23-17(15-5-1-2-7-18-15)22-10-8-21(9-11-22)16-13-4-3-6-14(13)19-12-20-16/h1-2,5,7,12H,3-4,6,8-11H2. The summed E-state index contributed by atoms with van der Waals surface area (Å²) in [6.45, 7) is 3.02. The second-order valence-corrected chi connectivity index (χ2v) is 5.97. The highest BCUT2D eigenvalue weighted by molar-refractivity contribution is 5.92. The summed E-state index contributed by atoms with van der Waals surface area (Å²) in [5, 5.41) is 0. The van der Waals surface area contributed by atoms with Gasteiger partial charge in [0.1, 0.15) is 17.8 Å². The minimum absolute atomic E-state index is 0.0122. The number of anilines is 1. The number of piperazine rings is 1. The zero-order valence-electron chi connectivity index (χ0n) is 13.0. The van der Waals surface area contributed by atoms with E-state index in [2.05, 4.69) is 19.9 Å². The minimum Gasteiger partial charge on any atom is -0.353 e. The van der Waals surface area contributed by atoms with Crippen molar-refractivity contribution in [2.45, 2.75) is 19.3 Å². The largest absolute Gasteiger partial charge is 0.353 e. The van der Waals surface area contributed by atoms with Gasteiger partial charge in [-0.3, -0.25) is 9.78 Å². The van der Waals surface area contributed by atoms with Crippen molar-refractivity contribution in [3.8, 4) is 0 Å². The number of hydrogen-bond donors (Lipinski definition) is 0. The van der Waals surface area contributed by atoms with Crippen LogP contribution in [0.25, 0.3) is 0 Å². The first-order valence-corrected chi connectivity index (χ1v) is 8.11. The third-order valence-electron chi connectivity index (χ3n) is 4.60. The minimum atomic E-state index is 0.0122. The van der Waals surface area contributed by atoms with Crippen molar-refractivity contribution in [2.24, 2.45) is 0 Å². The van der Waals surface area contributed by atoms with Crippen LogP contribution >= 0.6 is 0 Å². The molecule has 118 valence electrons. The van der Waals surface area contributed by atoms with Crippen molar-refractivity contribution in [3.05, 3.63) is 47.7 Å². The summed E-state index contributed by atoms with van der Waals surface area (Å²) in [4.78, 5) is 29.7. The first kappa shape index (κ1) is 14.1. The number of carbonyl (C=O) groups excluding carboxylic acids is 1. The second kappa shape index (κ2) is 5.95. The van der Waals surface area contributed by atoms with E-state index in [9.17, 15) is 4.79 Å². The van der Waals surface area contributed by atoms with Crippen LogP contribution in [0, 0.1) is 0 Å². The van der Waals surface area contributed by atoms with Crippen LogP contribution in [0.15, 0.2) is 30.7 Å². The number of carbonyl (C=O) groups is 1. The molecule has 2 aliphatic rings. The number of aryl methyl sites for hydroxylation is 1. The lowest BCUT2D eigenvalue weighted by molar-refractivity contribution is 0.0740. The van der Waals surface area contributed by atoms with E-state index >= 15 is 0 Å². The number of rotatable bonds is 2. The maximum atomic E-state index is 12.4. The van der Waals surface area contributed by atoms with Crippen molar-refractivity contribution in [1.82, 2.24) is 19.9 Å². The van der Waals surface area contributed by atoms with E-state index in [0.29, 0.717) is 18.8 Å². The quantitative estimate of drug-likeness (QED) is 0.837. The molecule has 0 unspecified atom stereocenters. The van der Waals surface area contributed by atoms with Gasteiger partial charge in [-0.15, -0.1) is 0 Å². The summed E-state index contributed by atoms with van der Waals surface area (Å²) in [7, 11) is 0. The summed E-state index contributed by atoms with van der Waals surface area (Å²) in [6.07, 6.45) is 6.62. The van der Waals surface area contributed by atoms with Gasteiger partial charge in [-0.25, -0.2) is 9.97 Å². The van der Waals surface area contributed by atoms with Crippen molar-refractivity contribution in [1.29, 1.82) is 0 Å². The number of amides is 1. The molecule has 2 aromatic heterocycles. The lowest BCUT2D eigenvalue weighted by Gasteiger charge is -2.36. The van der Waals surface area contributed by atoms with E-state index in [1.54, 1.807) is 18.6 Å². The number of nitrogens with zero attached hydrogens (tertiary/aromatic N) is 5. The summed E-state index contributed by atoms with van der Waals surface area (Å²) in [6, 6.07) is 5.44. The first-order chi connectivity index (χ1) is 11.3. The highest BCUT2D eigenvalue weighted by Gasteiger charge is 2.26. The average molecular weight is 309 g/mol. The van der Waals surface area contributed by atoms with Gasteiger partial charge in [-0.05, 0) is 31.4 Å². The molecular formula is C17H19N5O. The molecule has 2 aromatic rings. The van der Waals surface area contributed by atoms with E-state index in [4.69, 9.17) is 0 Å². The molecule has 0 aromatic carbocycles. The van der Waals surface area contributed by atoms with Crippen molar-refractivity contribution >= 4 is 11.7 Å². The molecule has 1 fully saturated rings. The van der Waals surface area contributed by atoms with Gasteiger partial charge in [-0.2, -0.15) is 0 Å². The fraction of sp³-hybridized carbons (Fsp3) is 0.412. The van der Waals surface area contributed by atoms with Gasteiger partial charge in [0.15, 0.2) is 0 Å². The van der Waals surface area contributed by atoms with Crippen LogP contribution < -0.4 is 4.90 Å².